The average molecular weight is 319 g/mol. The molecule has 9 heteroatoms. The number of halogens is 3. The number of nitrogens with one attached hydrogen (secondary N) is 2. The van der Waals surface area contributed by atoms with Gasteiger partial charge in [-0.3, -0.25) is 4.90 Å². The first-order valence-electron chi connectivity index (χ1n) is 7.19. The van der Waals surface area contributed by atoms with Crippen molar-refractivity contribution in [1.29, 1.82) is 0 Å². The summed E-state index contributed by atoms with van der Waals surface area (Å²) in [4.78, 5) is 5.75. The molecular weight excluding hydrogens is 299 g/mol. The molecule has 0 aromatic carbocycles. The van der Waals surface area contributed by atoms with Gasteiger partial charge in [-0.1, -0.05) is 5.16 Å². The van der Waals surface area contributed by atoms with Gasteiger partial charge in [0.15, 0.2) is 5.96 Å². The third-order valence-electron chi connectivity index (χ3n) is 3.25. The van der Waals surface area contributed by atoms with E-state index in [4.69, 9.17) is 4.52 Å². The van der Waals surface area contributed by atoms with E-state index < -0.39 is 12.7 Å². The summed E-state index contributed by atoms with van der Waals surface area (Å²) in [5.74, 6) is 0.573. The molecule has 0 saturated carbocycles. The lowest BCUT2D eigenvalue weighted by Crippen LogP contribution is -2.45. The fourth-order valence-corrected chi connectivity index (χ4v) is 2.34. The van der Waals surface area contributed by atoms with Crippen molar-refractivity contribution in [2.24, 2.45) is 4.99 Å². The number of guanidine groups is 1. The molecule has 6 nitrogen and oxygen atoms in total. The molecule has 1 aromatic heterocycles. The molecule has 0 bridgehead atoms. The minimum atomic E-state index is -4.15. The molecular formula is C13H20F3N5O. The Labute approximate surface area is 126 Å². The number of aromatic nitrogens is 1. The molecule has 124 valence electrons. The Morgan fingerprint density at radius 2 is 2.36 bits per heavy atom. The van der Waals surface area contributed by atoms with E-state index in [0.29, 0.717) is 44.3 Å². The van der Waals surface area contributed by atoms with Crippen LogP contribution >= 0.6 is 0 Å². The second-order valence-electron chi connectivity index (χ2n) is 5.17. The first kappa shape index (κ1) is 16.6. The summed E-state index contributed by atoms with van der Waals surface area (Å²) >= 11 is 0. The average Bonchev–Trinajstić information content (AvgIpc) is 3.06. The van der Waals surface area contributed by atoms with Crippen LogP contribution < -0.4 is 10.6 Å². The fraction of sp³-hybridized carbons (Fsp3) is 0.692. The molecule has 1 atom stereocenters. The summed E-state index contributed by atoms with van der Waals surface area (Å²) in [6.07, 6.45) is -2.03. The highest BCUT2D eigenvalue weighted by Crippen LogP contribution is 2.19. The lowest BCUT2D eigenvalue weighted by atomic mass is 10.3. The van der Waals surface area contributed by atoms with Crippen LogP contribution in [-0.4, -0.2) is 54.4 Å². The third-order valence-corrected chi connectivity index (χ3v) is 3.25. The Morgan fingerprint density at radius 1 is 1.55 bits per heavy atom. The van der Waals surface area contributed by atoms with Gasteiger partial charge in [-0.2, -0.15) is 13.2 Å². The summed E-state index contributed by atoms with van der Waals surface area (Å²) in [5, 5.41) is 10.0. The first-order chi connectivity index (χ1) is 10.5. The number of aliphatic imine (C=N–C) groups is 1. The van der Waals surface area contributed by atoms with E-state index >= 15 is 0 Å². The van der Waals surface area contributed by atoms with Crippen LogP contribution in [0.2, 0.25) is 0 Å². The molecule has 2 N–H and O–H groups in total. The van der Waals surface area contributed by atoms with E-state index in [2.05, 4.69) is 20.8 Å². The van der Waals surface area contributed by atoms with Gasteiger partial charge >= 0.3 is 6.18 Å². The monoisotopic (exact) mass is 319 g/mol. The van der Waals surface area contributed by atoms with Crippen molar-refractivity contribution in [1.82, 2.24) is 20.7 Å². The van der Waals surface area contributed by atoms with Gasteiger partial charge in [0, 0.05) is 31.7 Å². The van der Waals surface area contributed by atoms with Crippen LogP contribution in [0.3, 0.4) is 0 Å². The Balaban J connectivity index is 1.85. The van der Waals surface area contributed by atoms with Crippen LogP contribution in [0.15, 0.2) is 21.8 Å². The van der Waals surface area contributed by atoms with Crippen LogP contribution in [0.1, 0.15) is 19.0 Å². The van der Waals surface area contributed by atoms with Crippen LogP contribution in [-0.2, 0) is 6.54 Å². The van der Waals surface area contributed by atoms with Crippen molar-refractivity contribution in [3.8, 4) is 0 Å². The molecule has 1 aliphatic heterocycles. The predicted molar refractivity (Wildman–Crippen MR) is 75.4 cm³/mol. The quantitative estimate of drug-likeness (QED) is 0.634. The molecule has 1 unspecified atom stereocenters. The summed E-state index contributed by atoms with van der Waals surface area (Å²) in [6, 6.07) is 1.67. The molecule has 1 aromatic rings. The summed E-state index contributed by atoms with van der Waals surface area (Å²) in [7, 11) is 0. The van der Waals surface area contributed by atoms with Crippen molar-refractivity contribution in [2.75, 3.05) is 26.2 Å². The van der Waals surface area contributed by atoms with E-state index in [0.717, 1.165) is 0 Å². The van der Waals surface area contributed by atoms with Gasteiger partial charge in [-0.05, 0) is 13.3 Å². The van der Waals surface area contributed by atoms with Crippen LogP contribution in [0.25, 0.3) is 0 Å². The largest absolute Gasteiger partial charge is 0.401 e. The Hall–Kier alpha value is -1.77. The predicted octanol–water partition coefficient (Wildman–Crippen LogP) is 1.37. The molecule has 1 saturated heterocycles. The van der Waals surface area contributed by atoms with E-state index in [1.807, 2.05) is 6.92 Å². The maximum Gasteiger partial charge on any atom is 0.401 e. The zero-order valence-electron chi connectivity index (χ0n) is 12.4. The van der Waals surface area contributed by atoms with E-state index in [1.54, 1.807) is 6.07 Å². The van der Waals surface area contributed by atoms with Gasteiger partial charge in [0.1, 0.15) is 12.0 Å². The highest BCUT2D eigenvalue weighted by atomic mass is 19.4. The second kappa shape index (κ2) is 7.48. The minimum absolute atomic E-state index is 0.0440. The number of rotatable bonds is 5. The molecule has 0 amide bonds. The fourth-order valence-electron chi connectivity index (χ4n) is 2.34. The lowest BCUT2D eigenvalue weighted by Gasteiger charge is -2.19. The maximum atomic E-state index is 12.4. The second-order valence-corrected chi connectivity index (χ2v) is 5.17. The number of alkyl halides is 3. The van der Waals surface area contributed by atoms with Crippen molar-refractivity contribution < 1.29 is 17.7 Å². The van der Waals surface area contributed by atoms with Crippen LogP contribution in [0, 0.1) is 0 Å². The molecule has 2 heterocycles. The number of likely N-dealkylation sites (tertiary alicyclic amines) is 1. The smallest absolute Gasteiger partial charge is 0.364 e. The highest BCUT2D eigenvalue weighted by Gasteiger charge is 2.34. The Morgan fingerprint density at radius 3 is 3.00 bits per heavy atom. The maximum absolute atomic E-state index is 12.4. The third kappa shape index (κ3) is 5.55. The number of hydrogen-bond acceptors (Lipinski definition) is 4. The van der Waals surface area contributed by atoms with Crippen molar-refractivity contribution in [3.05, 3.63) is 18.0 Å². The Kier molecular flexibility index (Phi) is 5.64. The summed E-state index contributed by atoms with van der Waals surface area (Å²) in [6.45, 7) is 2.87. The van der Waals surface area contributed by atoms with Crippen molar-refractivity contribution in [3.63, 3.8) is 0 Å². The normalized spacial score (nSPS) is 20.4. The first-order valence-corrected chi connectivity index (χ1v) is 7.19. The van der Waals surface area contributed by atoms with Crippen molar-refractivity contribution >= 4 is 5.96 Å². The van der Waals surface area contributed by atoms with Gasteiger partial charge in [0.2, 0.25) is 0 Å². The van der Waals surface area contributed by atoms with E-state index in [9.17, 15) is 13.2 Å². The van der Waals surface area contributed by atoms with Crippen molar-refractivity contribution in [2.45, 2.75) is 32.1 Å². The van der Waals surface area contributed by atoms with E-state index in [1.165, 1.54) is 11.2 Å². The number of hydrogen-bond donors (Lipinski definition) is 2. The summed E-state index contributed by atoms with van der Waals surface area (Å²) < 4.78 is 41.9. The topological polar surface area (TPSA) is 65.7 Å². The zero-order valence-corrected chi connectivity index (χ0v) is 12.4. The van der Waals surface area contributed by atoms with Gasteiger partial charge in [0.25, 0.3) is 0 Å². The Bertz CT molecular complexity index is 475. The highest BCUT2D eigenvalue weighted by molar-refractivity contribution is 5.80. The standard InChI is InChI=1S/C13H20F3N5O/c1-2-17-12(18-7-10-4-6-22-20-10)19-11-3-5-21(8-11)9-13(14,15)16/h4,6,11H,2-3,5,7-9H2,1H3,(H2,17,18,19). The minimum Gasteiger partial charge on any atom is -0.364 e. The molecule has 0 spiro atoms. The SMILES string of the molecule is CCNC(=NCc1ccon1)NC1CCN(CC(F)(F)F)C1. The molecule has 2 rings (SSSR count). The lowest BCUT2D eigenvalue weighted by molar-refractivity contribution is -0.143. The zero-order chi connectivity index (χ0) is 16.0. The van der Waals surface area contributed by atoms with Gasteiger partial charge < -0.3 is 15.2 Å². The van der Waals surface area contributed by atoms with E-state index in [-0.39, 0.29) is 6.04 Å². The molecule has 0 aliphatic carbocycles. The van der Waals surface area contributed by atoms with Crippen LogP contribution in [0.4, 0.5) is 13.2 Å². The van der Waals surface area contributed by atoms with Crippen LogP contribution in [0.5, 0.6) is 0 Å². The molecule has 0 radical (unpaired) electrons. The van der Waals surface area contributed by atoms with Gasteiger partial charge in [-0.15, -0.1) is 0 Å². The molecule has 1 aliphatic rings. The van der Waals surface area contributed by atoms with Gasteiger partial charge in [-0.25, -0.2) is 4.99 Å². The summed E-state index contributed by atoms with van der Waals surface area (Å²) in [5.41, 5.74) is 0.697. The molecule has 1 fully saturated rings. The number of nitrogens with zero attached hydrogens (tertiary/aromatic N) is 3. The van der Waals surface area contributed by atoms with Gasteiger partial charge in [0.05, 0.1) is 13.1 Å². The molecule has 22 heavy (non-hydrogen) atoms.